The Balaban J connectivity index is 3.71. The molecule has 0 radical (unpaired) electrons. The second-order valence-corrected chi connectivity index (χ2v) is 4.11. The van der Waals surface area contributed by atoms with Gasteiger partial charge in [0.05, 0.1) is 0 Å². The van der Waals surface area contributed by atoms with Crippen LogP contribution in [-0.4, -0.2) is 30.8 Å². The molecule has 0 atom stereocenters. The van der Waals surface area contributed by atoms with E-state index >= 15 is 0 Å². The molecule has 0 heterocycles. The molecule has 0 rings (SSSR count). The van der Waals surface area contributed by atoms with Gasteiger partial charge in [0.25, 0.3) is 0 Å². The maximum atomic E-state index is 11.1. The number of amides is 1. The van der Waals surface area contributed by atoms with Gasteiger partial charge in [-0.15, -0.1) is 0 Å². The second kappa shape index (κ2) is 6.87. The van der Waals surface area contributed by atoms with Crippen molar-refractivity contribution in [3.05, 3.63) is 12.2 Å². The first-order valence-corrected chi connectivity index (χ1v) is 5.09. The van der Waals surface area contributed by atoms with Crippen LogP contribution in [-0.2, 0) is 14.3 Å². The molecule has 5 nitrogen and oxygen atoms in total. The molecule has 0 unspecified atom stereocenters. The highest BCUT2D eigenvalue weighted by Gasteiger charge is 2.16. The summed E-state index contributed by atoms with van der Waals surface area (Å²) in [5.74, 6) is -0.496. The van der Waals surface area contributed by atoms with Gasteiger partial charge in [0.1, 0.15) is 18.8 Å². The summed E-state index contributed by atoms with van der Waals surface area (Å²) in [5.41, 5.74) is -0.570. The monoisotopic (exact) mass is 229 g/mol. The van der Waals surface area contributed by atoms with Crippen molar-refractivity contribution in [2.45, 2.75) is 33.3 Å². The van der Waals surface area contributed by atoms with Crippen LogP contribution in [0.2, 0.25) is 0 Å². The Bertz CT molecular complexity index is 266. The van der Waals surface area contributed by atoms with Gasteiger partial charge in [-0.3, -0.25) is 4.79 Å². The van der Waals surface area contributed by atoms with E-state index in [2.05, 4.69) is 5.32 Å². The smallest absolute Gasteiger partial charge is 0.408 e. The lowest BCUT2D eigenvalue weighted by atomic mass is 10.2. The molecule has 92 valence electrons. The molecule has 0 spiro atoms. The summed E-state index contributed by atoms with van der Waals surface area (Å²) >= 11 is 0. The summed E-state index contributed by atoms with van der Waals surface area (Å²) in [5, 5.41) is 2.31. The van der Waals surface area contributed by atoms with Crippen LogP contribution in [0.3, 0.4) is 0 Å². The highest BCUT2D eigenvalue weighted by Crippen LogP contribution is 2.05. The Kier molecular flexibility index (Phi) is 6.22. The summed E-state index contributed by atoms with van der Waals surface area (Å²) in [6.45, 7) is 7.09. The summed E-state index contributed by atoms with van der Waals surface area (Å²) in [6, 6.07) is 0. The van der Waals surface area contributed by atoms with Gasteiger partial charge in [-0.25, -0.2) is 4.79 Å². The van der Waals surface area contributed by atoms with Gasteiger partial charge in [-0.05, 0) is 27.7 Å². The van der Waals surface area contributed by atoms with Crippen molar-refractivity contribution < 1.29 is 19.1 Å². The van der Waals surface area contributed by atoms with Crippen molar-refractivity contribution in [3.63, 3.8) is 0 Å². The number of allylic oxidation sites excluding steroid dienone is 1. The predicted octanol–water partition coefficient (Wildman–Crippen LogP) is 1.63. The Hall–Kier alpha value is -1.52. The minimum atomic E-state index is -0.629. The van der Waals surface area contributed by atoms with Crippen LogP contribution in [0, 0.1) is 0 Å². The van der Waals surface area contributed by atoms with E-state index in [1.807, 2.05) is 6.92 Å². The third-order valence-electron chi connectivity index (χ3n) is 1.35. The minimum Gasteiger partial charge on any atom is -0.460 e. The average molecular weight is 229 g/mol. The zero-order valence-electron chi connectivity index (χ0n) is 10.2. The van der Waals surface area contributed by atoms with Crippen LogP contribution in [0.4, 0.5) is 4.79 Å². The molecular formula is C11H19NO4. The Labute approximate surface area is 95.8 Å². The summed E-state index contributed by atoms with van der Waals surface area (Å²) in [7, 11) is 0. The molecule has 0 aromatic rings. The van der Waals surface area contributed by atoms with Crippen molar-refractivity contribution in [2.24, 2.45) is 0 Å². The van der Waals surface area contributed by atoms with Crippen molar-refractivity contribution in [1.29, 1.82) is 0 Å². The number of alkyl carbamates (subject to hydrolysis) is 1. The molecule has 0 aliphatic carbocycles. The van der Waals surface area contributed by atoms with Gasteiger partial charge in [0.2, 0.25) is 0 Å². The molecular weight excluding hydrogens is 210 g/mol. The maximum Gasteiger partial charge on any atom is 0.408 e. The highest BCUT2D eigenvalue weighted by molar-refractivity contribution is 5.78. The van der Waals surface area contributed by atoms with Crippen LogP contribution in [0.25, 0.3) is 0 Å². The molecule has 1 amide bonds. The molecule has 0 aromatic heterocycles. The molecule has 0 saturated carbocycles. The summed E-state index contributed by atoms with van der Waals surface area (Å²) < 4.78 is 9.71. The zero-order valence-corrected chi connectivity index (χ0v) is 10.2. The van der Waals surface area contributed by atoms with Gasteiger partial charge in [-0.2, -0.15) is 0 Å². The number of rotatable bonds is 4. The van der Waals surface area contributed by atoms with E-state index in [1.54, 1.807) is 32.9 Å². The minimum absolute atomic E-state index is 0.188. The van der Waals surface area contributed by atoms with Gasteiger partial charge in [0.15, 0.2) is 0 Å². The SMILES string of the molecule is C/C=C\COC(=O)CNC(=O)OC(C)(C)C. The number of esters is 1. The first-order valence-electron chi connectivity index (χ1n) is 5.09. The number of hydrogen-bond donors (Lipinski definition) is 1. The van der Waals surface area contributed by atoms with Crippen LogP contribution in [0.15, 0.2) is 12.2 Å². The van der Waals surface area contributed by atoms with Gasteiger partial charge in [-0.1, -0.05) is 12.2 Å². The zero-order chi connectivity index (χ0) is 12.6. The lowest BCUT2D eigenvalue weighted by Crippen LogP contribution is -2.36. The number of nitrogens with one attached hydrogen (secondary N) is 1. The third kappa shape index (κ3) is 9.05. The topological polar surface area (TPSA) is 64.6 Å². The number of hydrogen-bond acceptors (Lipinski definition) is 4. The number of carbonyl (C=O) groups is 2. The van der Waals surface area contributed by atoms with Crippen molar-refractivity contribution in [3.8, 4) is 0 Å². The van der Waals surface area contributed by atoms with Crippen LogP contribution < -0.4 is 5.32 Å². The lowest BCUT2D eigenvalue weighted by molar-refractivity contribution is -0.141. The molecule has 0 fully saturated rings. The molecule has 0 bridgehead atoms. The fourth-order valence-corrected chi connectivity index (χ4v) is 0.747. The van der Waals surface area contributed by atoms with E-state index in [0.717, 1.165) is 0 Å². The Morgan fingerprint density at radius 2 is 1.94 bits per heavy atom. The number of carbonyl (C=O) groups excluding carboxylic acids is 2. The van der Waals surface area contributed by atoms with Gasteiger partial charge < -0.3 is 14.8 Å². The van der Waals surface area contributed by atoms with Crippen molar-refractivity contribution in [1.82, 2.24) is 5.32 Å². The van der Waals surface area contributed by atoms with Crippen LogP contribution in [0.1, 0.15) is 27.7 Å². The van der Waals surface area contributed by atoms with Crippen molar-refractivity contribution >= 4 is 12.1 Å². The first-order chi connectivity index (χ1) is 7.35. The number of ether oxygens (including phenoxy) is 2. The highest BCUT2D eigenvalue weighted by atomic mass is 16.6. The van der Waals surface area contributed by atoms with E-state index < -0.39 is 17.7 Å². The fourth-order valence-electron chi connectivity index (χ4n) is 0.747. The van der Waals surface area contributed by atoms with E-state index in [0.29, 0.717) is 0 Å². The van der Waals surface area contributed by atoms with Gasteiger partial charge >= 0.3 is 12.1 Å². The van der Waals surface area contributed by atoms with Gasteiger partial charge in [0, 0.05) is 0 Å². The largest absolute Gasteiger partial charge is 0.460 e. The lowest BCUT2D eigenvalue weighted by Gasteiger charge is -2.19. The average Bonchev–Trinajstić information content (AvgIpc) is 2.12. The molecule has 0 aliphatic heterocycles. The van der Waals surface area contributed by atoms with Crippen LogP contribution >= 0.6 is 0 Å². The fraction of sp³-hybridized carbons (Fsp3) is 0.636. The molecule has 16 heavy (non-hydrogen) atoms. The van der Waals surface area contributed by atoms with E-state index in [-0.39, 0.29) is 13.2 Å². The van der Waals surface area contributed by atoms with E-state index in [1.165, 1.54) is 0 Å². The molecule has 0 aliphatic rings. The summed E-state index contributed by atoms with van der Waals surface area (Å²) in [4.78, 5) is 22.2. The normalized spacial score (nSPS) is 11.2. The van der Waals surface area contributed by atoms with Crippen molar-refractivity contribution in [2.75, 3.05) is 13.2 Å². The van der Waals surface area contributed by atoms with Crippen LogP contribution in [0.5, 0.6) is 0 Å². The molecule has 0 saturated heterocycles. The summed E-state index contributed by atoms with van der Waals surface area (Å²) in [6.07, 6.45) is 2.84. The van der Waals surface area contributed by atoms with E-state index in [4.69, 9.17) is 9.47 Å². The molecule has 0 aromatic carbocycles. The third-order valence-corrected chi connectivity index (χ3v) is 1.35. The molecule has 1 N–H and O–H groups in total. The quantitative estimate of drug-likeness (QED) is 0.588. The maximum absolute atomic E-state index is 11.1. The second-order valence-electron chi connectivity index (χ2n) is 4.11. The Morgan fingerprint density at radius 3 is 2.44 bits per heavy atom. The predicted molar refractivity (Wildman–Crippen MR) is 60.0 cm³/mol. The Morgan fingerprint density at radius 1 is 1.31 bits per heavy atom. The molecule has 5 heteroatoms. The first kappa shape index (κ1) is 14.5. The van der Waals surface area contributed by atoms with E-state index in [9.17, 15) is 9.59 Å². The standard InChI is InChI=1S/C11H19NO4/c1-5-6-7-15-9(13)8-12-10(14)16-11(2,3)4/h5-6H,7-8H2,1-4H3,(H,12,14)/b6-5-.